The molecule has 3 heteroatoms. The van der Waals surface area contributed by atoms with Crippen molar-refractivity contribution in [3.63, 3.8) is 0 Å². The molecule has 0 atom stereocenters. The van der Waals surface area contributed by atoms with E-state index in [0.29, 0.717) is 19.1 Å². The second-order valence-corrected chi connectivity index (χ2v) is 4.21. The van der Waals surface area contributed by atoms with Crippen LogP contribution in [0.3, 0.4) is 0 Å². The maximum atomic E-state index is 5.57. The summed E-state index contributed by atoms with van der Waals surface area (Å²) in [5.74, 6) is 1.53. The van der Waals surface area contributed by atoms with Gasteiger partial charge >= 0.3 is 0 Å². The van der Waals surface area contributed by atoms with E-state index < -0.39 is 0 Å². The van der Waals surface area contributed by atoms with E-state index in [0.717, 1.165) is 24.5 Å². The van der Waals surface area contributed by atoms with Crippen LogP contribution in [-0.4, -0.2) is 19.8 Å². The van der Waals surface area contributed by atoms with E-state index in [1.54, 1.807) is 0 Å². The molecular formula is C13H21NO2. The largest absolute Gasteiger partial charge is 0.491 e. The van der Waals surface area contributed by atoms with Gasteiger partial charge < -0.3 is 15.2 Å². The van der Waals surface area contributed by atoms with E-state index in [1.165, 1.54) is 0 Å². The zero-order valence-electron chi connectivity index (χ0n) is 10.1. The number of benzene rings is 1. The monoisotopic (exact) mass is 223 g/mol. The predicted octanol–water partition coefficient (Wildman–Crippen LogP) is 2.71. The first-order valence-corrected chi connectivity index (χ1v) is 5.74. The molecule has 0 saturated carbocycles. The second kappa shape index (κ2) is 7.12. The molecule has 2 N–H and O–H groups in total. The molecule has 0 radical (unpaired) electrons. The van der Waals surface area contributed by atoms with E-state index in [2.05, 4.69) is 13.8 Å². The van der Waals surface area contributed by atoms with Gasteiger partial charge in [0.25, 0.3) is 0 Å². The molecule has 0 heterocycles. The van der Waals surface area contributed by atoms with Crippen LogP contribution in [0, 0.1) is 5.92 Å². The highest BCUT2D eigenvalue weighted by Gasteiger charge is 1.95. The highest BCUT2D eigenvalue weighted by molar-refractivity contribution is 5.41. The van der Waals surface area contributed by atoms with Crippen molar-refractivity contribution in [3.8, 4) is 5.75 Å². The Morgan fingerprint density at radius 2 is 1.75 bits per heavy atom. The first kappa shape index (κ1) is 12.8. The Morgan fingerprint density at radius 3 is 2.38 bits per heavy atom. The minimum absolute atomic E-state index is 0.585. The zero-order valence-corrected chi connectivity index (χ0v) is 10.1. The fraction of sp³-hybridized carbons (Fsp3) is 0.538. The van der Waals surface area contributed by atoms with Crippen molar-refractivity contribution in [3.05, 3.63) is 24.3 Å². The van der Waals surface area contributed by atoms with E-state index in [4.69, 9.17) is 15.2 Å². The van der Waals surface area contributed by atoms with E-state index in [9.17, 15) is 0 Å². The summed E-state index contributed by atoms with van der Waals surface area (Å²) in [6, 6.07) is 7.39. The average molecular weight is 223 g/mol. The second-order valence-electron chi connectivity index (χ2n) is 4.21. The summed E-state index contributed by atoms with van der Waals surface area (Å²) in [4.78, 5) is 0. The van der Waals surface area contributed by atoms with Crippen LogP contribution < -0.4 is 10.5 Å². The Morgan fingerprint density at radius 1 is 1.06 bits per heavy atom. The lowest BCUT2D eigenvalue weighted by Gasteiger charge is -2.08. The molecule has 0 fully saturated rings. The van der Waals surface area contributed by atoms with Gasteiger partial charge in [0.15, 0.2) is 0 Å². The molecule has 1 aromatic rings. The molecule has 0 unspecified atom stereocenters. The molecule has 16 heavy (non-hydrogen) atoms. The molecular weight excluding hydrogens is 202 g/mol. The molecule has 1 rings (SSSR count). The normalized spacial score (nSPS) is 10.7. The molecule has 0 aliphatic rings. The average Bonchev–Trinajstić information content (AvgIpc) is 2.25. The lowest BCUT2D eigenvalue weighted by atomic mass is 10.1. The first-order valence-electron chi connectivity index (χ1n) is 5.74. The van der Waals surface area contributed by atoms with Crippen molar-refractivity contribution in [2.45, 2.75) is 20.3 Å². The van der Waals surface area contributed by atoms with Crippen LogP contribution in [0.1, 0.15) is 20.3 Å². The molecule has 90 valence electrons. The highest BCUT2D eigenvalue weighted by Crippen LogP contribution is 2.12. The fourth-order valence-corrected chi connectivity index (χ4v) is 1.20. The number of ether oxygens (including phenoxy) is 2. The third-order valence-electron chi connectivity index (χ3n) is 2.22. The Bertz CT molecular complexity index is 282. The lowest BCUT2D eigenvalue weighted by molar-refractivity contribution is 0.0926. The van der Waals surface area contributed by atoms with Gasteiger partial charge in [-0.1, -0.05) is 13.8 Å². The van der Waals surface area contributed by atoms with Crippen LogP contribution in [-0.2, 0) is 4.74 Å². The molecule has 0 saturated heterocycles. The Hall–Kier alpha value is -1.22. The van der Waals surface area contributed by atoms with Crippen LogP contribution in [0.15, 0.2) is 24.3 Å². The van der Waals surface area contributed by atoms with Crippen LogP contribution in [0.4, 0.5) is 5.69 Å². The Kier molecular flexibility index (Phi) is 5.72. The number of rotatable bonds is 7. The molecule has 0 spiro atoms. The van der Waals surface area contributed by atoms with Crippen LogP contribution in [0.5, 0.6) is 5.75 Å². The van der Waals surface area contributed by atoms with Crippen molar-refractivity contribution in [2.24, 2.45) is 5.92 Å². The summed E-state index contributed by atoms with van der Waals surface area (Å²) in [5.41, 5.74) is 6.32. The molecule has 3 nitrogen and oxygen atoms in total. The van der Waals surface area contributed by atoms with Gasteiger partial charge in [0, 0.05) is 12.3 Å². The number of hydrogen-bond acceptors (Lipinski definition) is 3. The summed E-state index contributed by atoms with van der Waals surface area (Å²) in [5, 5.41) is 0. The maximum absolute atomic E-state index is 5.57. The minimum atomic E-state index is 0.585. The standard InChI is InChI=1S/C13H21NO2/c1-11(2)7-8-15-9-10-16-13-5-3-12(14)4-6-13/h3-6,11H,7-10,14H2,1-2H3. The number of hydrogen-bond donors (Lipinski definition) is 1. The summed E-state index contributed by atoms with van der Waals surface area (Å²) in [6.45, 7) is 6.41. The van der Waals surface area contributed by atoms with E-state index >= 15 is 0 Å². The fourth-order valence-electron chi connectivity index (χ4n) is 1.20. The van der Waals surface area contributed by atoms with Gasteiger partial charge in [0.2, 0.25) is 0 Å². The first-order chi connectivity index (χ1) is 7.68. The summed E-state index contributed by atoms with van der Waals surface area (Å²) in [7, 11) is 0. The van der Waals surface area contributed by atoms with Gasteiger partial charge in [0.05, 0.1) is 6.61 Å². The van der Waals surface area contributed by atoms with Crippen molar-refractivity contribution in [2.75, 3.05) is 25.6 Å². The van der Waals surface area contributed by atoms with Gasteiger partial charge in [0.1, 0.15) is 12.4 Å². The Labute approximate surface area is 97.6 Å². The zero-order chi connectivity index (χ0) is 11.8. The van der Waals surface area contributed by atoms with E-state index in [-0.39, 0.29) is 0 Å². The third-order valence-corrected chi connectivity index (χ3v) is 2.22. The summed E-state index contributed by atoms with van der Waals surface area (Å²) in [6.07, 6.45) is 1.10. The number of anilines is 1. The Balaban J connectivity index is 2.05. The van der Waals surface area contributed by atoms with E-state index in [1.807, 2.05) is 24.3 Å². The van der Waals surface area contributed by atoms with Gasteiger partial charge in [-0.2, -0.15) is 0 Å². The minimum Gasteiger partial charge on any atom is -0.491 e. The SMILES string of the molecule is CC(C)CCOCCOc1ccc(N)cc1. The molecule has 0 aromatic heterocycles. The number of nitrogen functional groups attached to an aromatic ring is 1. The molecule has 0 aliphatic heterocycles. The van der Waals surface area contributed by atoms with Crippen LogP contribution in [0.25, 0.3) is 0 Å². The summed E-state index contributed by atoms with van der Waals surface area (Å²) < 4.78 is 10.9. The van der Waals surface area contributed by atoms with Crippen LogP contribution >= 0.6 is 0 Å². The molecule has 1 aromatic carbocycles. The molecule has 0 amide bonds. The quantitative estimate of drug-likeness (QED) is 0.571. The predicted molar refractivity (Wildman–Crippen MR) is 66.6 cm³/mol. The maximum Gasteiger partial charge on any atom is 0.119 e. The van der Waals surface area contributed by atoms with Gasteiger partial charge in [-0.05, 0) is 36.6 Å². The topological polar surface area (TPSA) is 44.5 Å². The van der Waals surface area contributed by atoms with Crippen molar-refractivity contribution >= 4 is 5.69 Å². The molecule has 0 bridgehead atoms. The van der Waals surface area contributed by atoms with Gasteiger partial charge in [-0.15, -0.1) is 0 Å². The van der Waals surface area contributed by atoms with Crippen molar-refractivity contribution in [1.29, 1.82) is 0 Å². The smallest absolute Gasteiger partial charge is 0.119 e. The van der Waals surface area contributed by atoms with Crippen molar-refractivity contribution < 1.29 is 9.47 Å². The van der Waals surface area contributed by atoms with Gasteiger partial charge in [-0.25, -0.2) is 0 Å². The summed E-state index contributed by atoms with van der Waals surface area (Å²) >= 11 is 0. The van der Waals surface area contributed by atoms with Gasteiger partial charge in [-0.3, -0.25) is 0 Å². The molecule has 0 aliphatic carbocycles. The van der Waals surface area contributed by atoms with Crippen LogP contribution in [0.2, 0.25) is 0 Å². The van der Waals surface area contributed by atoms with Crippen molar-refractivity contribution in [1.82, 2.24) is 0 Å². The highest BCUT2D eigenvalue weighted by atomic mass is 16.5. The third kappa shape index (κ3) is 5.61. The lowest BCUT2D eigenvalue weighted by Crippen LogP contribution is -2.08. The number of nitrogens with two attached hydrogens (primary N) is 1.